The molecule has 1 aliphatic rings. The van der Waals surface area contributed by atoms with Crippen molar-refractivity contribution in [2.75, 3.05) is 20.1 Å². The van der Waals surface area contributed by atoms with Crippen LogP contribution in [-0.2, 0) is 4.79 Å². The second kappa shape index (κ2) is 7.59. The van der Waals surface area contributed by atoms with Crippen LogP contribution in [0.5, 0.6) is 0 Å². The van der Waals surface area contributed by atoms with Crippen molar-refractivity contribution < 1.29 is 4.79 Å². The maximum atomic E-state index is 12.4. The molecule has 1 aliphatic heterocycles. The molecule has 0 aromatic carbocycles. The Morgan fingerprint density at radius 1 is 1.29 bits per heavy atom. The Labute approximate surface area is 131 Å². The lowest BCUT2D eigenvalue weighted by Crippen LogP contribution is -2.48. The van der Waals surface area contributed by atoms with Gasteiger partial charge in [0.2, 0.25) is 5.91 Å². The van der Waals surface area contributed by atoms with Crippen LogP contribution in [0.4, 0.5) is 0 Å². The third kappa shape index (κ3) is 6.35. The van der Waals surface area contributed by atoms with E-state index in [1.165, 1.54) is 0 Å². The fraction of sp³-hybridized carbons (Fsp3) is 0.941. The zero-order chi connectivity index (χ0) is 16.2. The van der Waals surface area contributed by atoms with Gasteiger partial charge >= 0.3 is 0 Å². The number of hydrogen-bond donors (Lipinski definition) is 1. The van der Waals surface area contributed by atoms with Gasteiger partial charge in [0.05, 0.1) is 0 Å². The molecule has 1 saturated heterocycles. The Kier molecular flexibility index (Phi) is 6.67. The summed E-state index contributed by atoms with van der Waals surface area (Å²) in [6.07, 6.45) is 3.51. The Morgan fingerprint density at radius 3 is 2.24 bits per heavy atom. The lowest BCUT2D eigenvalue weighted by molar-refractivity contribution is -0.133. The number of amides is 1. The molecule has 4 heteroatoms. The van der Waals surface area contributed by atoms with Crippen molar-refractivity contribution >= 4 is 5.91 Å². The third-order valence-corrected chi connectivity index (χ3v) is 4.48. The van der Waals surface area contributed by atoms with E-state index in [4.69, 9.17) is 5.73 Å². The highest BCUT2D eigenvalue weighted by Crippen LogP contribution is 2.22. The predicted molar refractivity (Wildman–Crippen MR) is 89.2 cm³/mol. The van der Waals surface area contributed by atoms with E-state index < -0.39 is 0 Å². The molecule has 0 saturated carbocycles. The summed E-state index contributed by atoms with van der Waals surface area (Å²) in [5.74, 6) is 0.203. The van der Waals surface area contributed by atoms with Gasteiger partial charge in [-0.15, -0.1) is 0 Å². The predicted octanol–water partition coefficient (Wildman–Crippen LogP) is 2.47. The average molecular weight is 297 g/mol. The molecule has 0 radical (unpaired) electrons. The topological polar surface area (TPSA) is 49.6 Å². The summed E-state index contributed by atoms with van der Waals surface area (Å²) in [5.41, 5.74) is 6.32. The zero-order valence-corrected chi connectivity index (χ0v) is 14.9. The van der Waals surface area contributed by atoms with Crippen LogP contribution in [0.3, 0.4) is 0 Å². The van der Waals surface area contributed by atoms with Crippen molar-refractivity contribution in [3.8, 4) is 0 Å². The summed E-state index contributed by atoms with van der Waals surface area (Å²) in [4.78, 5) is 16.8. The molecule has 1 fully saturated rings. The lowest BCUT2D eigenvalue weighted by Gasteiger charge is -2.39. The van der Waals surface area contributed by atoms with E-state index in [-0.39, 0.29) is 17.4 Å². The SMILES string of the molecule is CC(C)N1CCC(N(C)C(=O)CC(N)CC(C)(C)C)CC1. The van der Waals surface area contributed by atoms with Gasteiger partial charge in [-0.3, -0.25) is 4.79 Å². The summed E-state index contributed by atoms with van der Waals surface area (Å²) in [7, 11) is 1.95. The summed E-state index contributed by atoms with van der Waals surface area (Å²) >= 11 is 0. The van der Waals surface area contributed by atoms with Gasteiger partial charge in [0, 0.05) is 44.7 Å². The molecule has 4 nitrogen and oxygen atoms in total. The summed E-state index contributed by atoms with van der Waals surface area (Å²) in [6, 6.07) is 0.956. The minimum atomic E-state index is -0.0318. The summed E-state index contributed by atoms with van der Waals surface area (Å²) in [5, 5.41) is 0. The van der Waals surface area contributed by atoms with E-state index in [0.29, 0.717) is 18.5 Å². The van der Waals surface area contributed by atoms with E-state index in [9.17, 15) is 4.79 Å². The van der Waals surface area contributed by atoms with Crippen molar-refractivity contribution in [2.45, 2.75) is 78.4 Å². The molecular weight excluding hydrogens is 262 g/mol. The standard InChI is InChI=1S/C17H35N3O/c1-13(2)20-9-7-15(8-10-20)19(6)16(21)11-14(18)12-17(3,4)5/h13-15H,7-12,18H2,1-6H3. The molecule has 1 atom stereocenters. The Morgan fingerprint density at radius 2 is 1.81 bits per heavy atom. The molecule has 124 valence electrons. The number of carbonyl (C=O) groups excluding carboxylic acids is 1. The maximum Gasteiger partial charge on any atom is 0.224 e. The highest BCUT2D eigenvalue weighted by atomic mass is 16.2. The van der Waals surface area contributed by atoms with Gasteiger partial charge in [-0.05, 0) is 38.5 Å². The van der Waals surface area contributed by atoms with Gasteiger partial charge in [-0.2, -0.15) is 0 Å². The van der Waals surface area contributed by atoms with Crippen LogP contribution in [0, 0.1) is 5.41 Å². The highest BCUT2D eigenvalue weighted by Gasteiger charge is 2.27. The van der Waals surface area contributed by atoms with Gasteiger partial charge in [0.25, 0.3) is 0 Å². The number of rotatable bonds is 5. The Hall–Kier alpha value is -0.610. The van der Waals surface area contributed by atoms with Gasteiger partial charge in [-0.25, -0.2) is 0 Å². The fourth-order valence-corrected chi connectivity index (χ4v) is 3.22. The first-order chi connectivity index (χ1) is 9.60. The number of nitrogens with two attached hydrogens (primary N) is 1. The van der Waals surface area contributed by atoms with Crippen molar-refractivity contribution in [1.29, 1.82) is 0 Å². The molecule has 0 spiro atoms. The quantitative estimate of drug-likeness (QED) is 0.848. The molecule has 0 aromatic rings. The molecule has 1 rings (SSSR count). The largest absolute Gasteiger partial charge is 0.343 e. The van der Waals surface area contributed by atoms with Crippen LogP contribution in [0.2, 0.25) is 0 Å². The fourth-order valence-electron chi connectivity index (χ4n) is 3.22. The van der Waals surface area contributed by atoms with Gasteiger partial charge in [-0.1, -0.05) is 20.8 Å². The van der Waals surface area contributed by atoms with E-state index >= 15 is 0 Å². The van der Waals surface area contributed by atoms with Crippen LogP contribution >= 0.6 is 0 Å². The summed E-state index contributed by atoms with van der Waals surface area (Å²) < 4.78 is 0. The van der Waals surface area contributed by atoms with Gasteiger partial charge in [0.15, 0.2) is 0 Å². The monoisotopic (exact) mass is 297 g/mol. The van der Waals surface area contributed by atoms with Gasteiger partial charge < -0.3 is 15.5 Å². The molecule has 2 N–H and O–H groups in total. The first-order valence-electron chi connectivity index (χ1n) is 8.35. The number of piperidine rings is 1. The molecule has 0 aromatic heterocycles. The van der Waals surface area contributed by atoms with Gasteiger partial charge in [0.1, 0.15) is 0 Å². The second-order valence-electron chi connectivity index (χ2n) is 8.09. The number of carbonyl (C=O) groups is 1. The number of likely N-dealkylation sites (tertiary alicyclic amines) is 1. The molecule has 0 aliphatic carbocycles. The maximum absolute atomic E-state index is 12.4. The summed E-state index contributed by atoms with van der Waals surface area (Å²) in [6.45, 7) is 13.2. The minimum Gasteiger partial charge on any atom is -0.343 e. The lowest BCUT2D eigenvalue weighted by atomic mass is 9.87. The van der Waals surface area contributed by atoms with Crippen molar-refractivity contribution in [1.82, 2.24) is 9.80 Å². The van der Waals surface area contributed by atoms with Crippen LogP contribution in [0.25, 0.3) is 0 Å². The molecular formula is C17H35N3O. The second-order valence-corrected chi connectivity index (χ2v) is 8.09. The minimum absolute atomic E-state index is 0.0318. The van der Waals surface area contributed by atoms with E-state index in [1.807, 2.05) is 11.9 Å². The first-order valence-corrected chi connectivity index (χ1v) is 8.35. The Balaban J connectivity index is 2.41. The molecule has 0 bridgehead atoms. The van der Waals surface area contributed by atoms with Crippen LogP contribution in [0.15, 0.2) is 0 Å². The number of nitrogens with zero attached hydrogens (tertiary/aromatic N) is 2. The number of hydrogen-bond acceptors (Lipinski definition) is 3. The van der Waals surface area contributed by atoms with Crippen molar-refractivity contribution in [3.63, 3.8) is 0 Å². The Bertz CT molecular complexity index is 327. The van der Waals surface area contributed by atoms with Crippen molar-refractivity contribution in [3.05, 3.63) is 0 Å². The molecule has 1 heterocycles. The van der Waals surface area contributed by atoms with E-state index in [2.05, 4.69) is 39.5 Å². The van der Waals surface area contributed by atoms with Crippen LogP contribution in [-0.4, -0.2) is 54.0 Å². The van der Waals surface area contributed by atoms with Crippen molar-refractivity contribution in [2.24, 2.45) is 11.1 Å². The van der Waals surface area contributed by atoms with Crippen LogP contribution < -0.4 is 5.73 Å². The molecule has 21 heavy (non-hydrogen) atoms. The highest BCUT2D eigenvalue weighted by molar-refractivity contribution is 5.76. The average Bonchev–Trinajstić information content (AvgIpc) is 2.35. The third-order valence-electron chi connectivity index (χ3n) is 4.48. The normalized spacial score (nSPS) is 19.8. The first kappa shape index (κ1) is 18.4. The van der Waals surface area contributed by atoms with E-state index in [0.717, 1.165) is 32.4 Å². The molecule has 1 amide bonds. The smallest absolute Gasteiger partial charge is 0.224 e. The zero-order valence-electron chi connectivity index (χ0n) is 14.9. The molecule has 1 unspecified atom stereocenters. The van der Waals surface area contributed by atoms with E-state index in [1.54, 1.807) is 0 Å². The van der Waals surface area contributed by atoms with Crippen LogP contribution in [0.1, 0.15) is 60.3 Å².